The number of aromatic carboxylic acids is 1. The largest absolute Gasteiger partial charge is 0.497 e. The van der Waals surface area contributed by atoms with Crippen LogP contribution in [0.4, 0.5) is 0 Å². The molecule has 0 bridgehead atoms. The van der Waals surface area contributed by atoms with Gasteiger partial charge in [0.15, 0.2) is 0 Å². The first-order valence-electron chi connectivity index (χ1n) is 8.55. The monoisotopic (exact) mass is 354 g/mol. The Labute approximate surface area is 152 Å². The Morgan fingerprint density at radius 3 is 2.04 bits per heavy atom. The third-order valence-electron chi connectivity index (χ3n) is 4.60. The zero-order valence-corrected chi connectivity index (χ0v) is 14.7. The number of carbonyl (C=O) groups is 2. The molecule has 136 valence electrons. The van der Waals surface area contributed by atoms with Gasteiger partial charge in [0.1, 0.15) is 5.75 Å². The second kappa shape index (κ2) is 8.01. The molecule has 0 unspecified atom stereocenters. The second-order valence-corrected chi connectivity index (χ2v) is 6.30. The fourth-order valence-electron chi connectivity index (χ4n) is 3.04. The third-order valence-corrected chi connectivity index (χ3v) is 4.60. The van der Waals surface area contributed by atoms with Crippen LogP contribution in [0.25, 0.3) is 0 Å². The Bertz CT molecular complexity index is 763. The molecule has 6 heteroatoms. The van der Waals surface area contributed by atoms with Crippen LogP contribution in [-0.4, -0.2) is 60.1 Å². The van der Waals surface area contributed by atoms with Gasteiger partial charge in [0, 0.05) is 38.3 Å². The highest BCUT2D eigenvalue weighted by atomic mass is 16.5. The minimum atomic E-state index is -0.915. The molecule has 1 N–H and O–H groups in total. The minimum Gasteiger partial charge on any atom is -0.497 e. The lowest BCUT2D eigenvalue weighted by molar-refractivity contribution is 0.0628. The molecule has 0 aliphatic carbocycles. The summed E-state index contributed by atoms with van der Waals surface area (Å²) in [7, 11) is 1.60. The summed E-state index contributed by atoms with van der Waals surface area (Å²) in [6.07, 6.45) is 0. The van der Waals surface area contributed by atoms with Crippen LogP contribution in [0.1, 0.15) is 26.3 Å². The van der Waals surface area contributed by atoms with Crippen LogP contribution in [0, 0.1) is 0 Å². The van der Waals surface area contributed by atoms with Gasteiger partial charge in [-0.2, -0.15) is 0 Å². The van der Waals surface area contributed by atoms with Crippen molar-refractivity contribution >= 4 is 11.9 Å². The first-order valence-corrected chi connectivity index (χ1v) is 8.55. The lowest BCUT2D eigenvalue weighted by atomic mass is 10.1. The van der Waals surface area contributed by atoms with E-state index in [1.54, 1.807) is 43.5 Å². The summed E-state index contributed by atoms with van der Waals surface area (Å²) in [5, 5.41) is 8.95. The van der Waals surface area contributed by atoms with Gasteiger partial charge >= 0.3 is 5.97 Å². The van der Waals surface area contributed by atoms with E-state index in [2.05, 4.69) is 4.90 Å². The maximum absolute atomic E-state index is 12.6. The highest BCUT2D eigenvalue weighted by Gasteiger charge is 2.22. The van der Waals surface area contributed by atoms with Crippen LogP contribution in [0.5, 0.6) is 5.75 Å². The van der Waals surface area contributed by atoms with E-state index in [1.165, 1.54) is 0 Å². The molecule has 26 heavy (non-hydrogen) atoms. The molecule has 1 aliphatic rings. The number of amides is 1. The van der Waals surface area contributed by atoms with Crippen molar-refractivity contribution in [1.29, 1.82) is 0 Å². The van der Waals surface area contributed by atoms with Gasteiger partial charge in [0.05, 0.1) is 12.7 Å². The van der Waals surface area contributed by atoms with Crippen LogP contribution in [0.2, 0.25) is 0 Å². The molecule has 0 saturated carbocycles. The molecule has 2 aromatic rings. The van der Waals surface area contributed by atoms with Crippen molar-refractivity contribution in [2.75, 3.05) is 33.3 Å². The number of ether oxygens (including phenoxy) is 1. The van der Waals surface area contributed by atoms with E-state index in [1.807, 2.05) is 17.0 Å². The maximum atomic E-state index is 12.6. The Kier molecular flexibility index (Phi) is 5.53. The van der Waals surface area contributed by atoms with Gasteiger partial charge in [0.2, 0.25) is 0 Å². The number of hydrogen-bond donors (Lipinski definition) is 1. The molecular weight excluding hydrogens is 332 g/mol. The minimum absolute atomic E-state index is 0.0399. The lowest BCUT2D eigenvalue weighted by Crippen LogP contribution is -2.48. The molecular formula is C20H22N2O4. The highest BCUT2D eigenvalue weighted by Crippen LogP contribution is 2.15. The summed E-state index contributed by atoms with van der Waals surface area (Å²) < 4.78 is 5.12. The van der Waals surface area contributed by atoms with Crippen molar-refractivity contribution in [2.45, 2.75) is 6.54 Å². The van der Waals surface area contributed by atoms with E-state index in [0.717, 1.165) is 30.9 Å². The molecule has 0 radical (unpaired) electrons. The van der Waals surface area contributed by atoms with E-state index in [-0.39, 0.29) is 5.91 Å². The van der Waals surface area contributed by atoms with Crippen molar-refractivity contribution in [2.24, 2.45) is 0 Å². The van der Waals surface area contributed by atoms with Crippen LogP contribution in [0.15, 0.2) is 48.5 Å². The number of carboxylic acids is 1. The van der Waals surface area contributed by atoms with Crippen molar-refractivity contribution in [3.63, 3.8) is 0 Å². The number of benzene rings is 2. The van der Waals surface area contributed by atoms with E-state index >= 15 is 0 Å². The number of rotatable bonds is 5. The van der Waals surface area contributed by atoms with Crippen molar-refractivity contribution in [3.8, 4) is 5.75 Å². The Hall–Kier alpha value is -2.86. The van der Waals surface area contributed by atoms with Gasteiger partial charge in [-0.3, -0.25) is 9.69 Å². The number of hydrogen-bond acceptors (Lipinski definition) is 4. The predicted octanol–water partition coefficient (Wildman–Crippen LogP) is 2.35. The van der Waals surface area contributed by atoms with Crippen molar-refractivity contribution in [1.82, 2.24) is 9.80 Å². The quantitative estimate of drug-likeness (QED) is 0.893. The molecule has 1 aliphatic heterocycles. The molecule has 0 spiro atoms. The van der Waals surface area contributed by atoms with Gasteiger partial charge in [-0.15, -0.1) is 0 Å². The summed E-state index contributed by atoms with van der Waals surface area (Å²) in [4.78, 5) is 27.6. The first kappa shape index (κ1) is 17.9. The fraction of sp³-hybridized carbons (Fsp3) is 0.300. The maximum Gasteiger partial charge on any atom is 0.335 e. The zero-order valence-electron chi connectivity index (χ0n) is 14.7. The summed E-state index contributed by atoms with van der Waals surface area (Å²) in [5.41, 5.74) is 2.04. The molecule has 6 nitrogen and oxygen atoms in total. The number of carboxylic acid groups (broad SMARTS) is 1. The third kappa shape index (κ3) is 4.21. The Balaban J connectivity index is 1.53. The molecule has 2 aromatic carbocycles. The molecule has 1 saturated heterocycles. The molecule has 1 amide bonds. The SMILES string of the molecule is COc1ccc(C(=O)N2CCN(Cc3ccc(C(=O)O)cc3)CC2)cc1. The van der Waals surface area contributed by atoms with Gasteiger partial charge in [-0.25, -0.2) is 4.79 Å². The zero-order chi connectivity index (χ0) is 18.5. The second-order valence-electron chi connectivity index (χ2n) is 6.30. The Morgan fingerprint density at radius 1 is 0.923 bits per heavy atom. The van der Waals surface area contributed by atoms with E-state index < -0.39 is 5.97 Å². The van der Waals surface area contributed by atoms with Gasteiger partial charge in [-0.05, 0) is 42.0 Å². The highest BCUT2D eigenvalue weighted by molar-refractivity contribution is 5.94. The van der Waals surface area contributed by atoms with Crippen LogP contribution in [0.3, 0.4) is 0 Å². The Morgan fingerprint density at radius 2 is 1.50 bits per heavy atom. The summed E-state index contributed by atoms with van der Waals surface area (Å²) in [5.74, 6) is -0.138. The molecule has 1 heterocycles. The number of piperazine rings is 1. The summed E-state index contributed by atoms with van der Waals surface area (Å²) in [6.45, 7) is 3.70. The standard InChI is InChI=1S/C20H22N2O4/c1-26-18-8-6-16(7-9-18)19(23)22-12-10-21(11-13-22)14-15-2-4-17(5-3-15)20(24)25/h2-9H,10-14H2,1H3,(H,24,25). The predicted molar refractivity (Wildman–Crippen MR) is 97.6 cm³/mol. The molecule has 0 aromatic heterocycles. The fourth-order valence-corrected chi connectivity index (χ4v) is 3.04. The van der Waals surface area contributed by atoms with Gasteiger partial charge < -0.3 is 14.7 Å². The first-order chi connectivity index (χ1) is 12.6. The summed E-state index contributed by atoms with van der Waals surface area (Å²) in [6, 6.07) is 14.1. The molecule has 1 fully saturated rings. The molecule has 3 rings (SSSR count). The molecule has 0 atom stereocenters. The van der Waals surface area contributed by atoms with Crippen LogP contribution in [-0.2, 0) is 6.54 Å². The van der Waals surface area contributed by atoms with Gasteiger partial charge in [0.25, 0.3) is 5.91 Å². The number of carbonyl (C=O) groups excluding carboxylic acids is 1. The van der Waals surface area contributed by atoms with Crippen LogP contribution < -0.4 is 4.74 Å². The lowest BCUT2D eigenvalue weighted by Gasteiger charge is -2.34. The average molecular weight is 354 g/mol. The van der Waals surface area contributed by atoms with E-state index in [0.29, 0.717) is 24.2 Å². The van der Waals surface area contributed by atoms with Crippen molar-refractivity contribution < 1.29 is 19.4 Å². The average Bonchev–Trinajstić information content (AvgIpc) is 2.68. The number of nitrogens with zero attached hydrogens (tertiary/aromatic N) is 2. The van der Waals surface area contributed by atoms with E-state index in [9.17, 15) is 9.59 Å². The summed E-state index contributed by atoms with van der Waals surface area (Å²) >= 11 is 0. The van der Waals surface area contributed by atoms with E-state index in [4.69, 9.17) is 9.84 Å². The topological polar surface area (TPSA) is 70.1 Å². The normalized spacial score (nSPS) is 14.9. The smallest absolute Gasteiger partial charge is 0.335 e. The van der Waals surface area contributed by atoms with Gasteiger partial charge in [-0.1, -0.05) is 12.1 Å². The van der Waals surface area contributed by atoms with Crippen LogP contribution >= 0.6 is 0 Å². The van der Waals surface area contributed by atoms with Crippen molar-refractivity contribution in [3.05, 3.63) is 65.2 Å². The number of methoxy groups -OCH3 is 1.